The molecule has 3 rings (SSSR count). The van der Waals surface area contributed by atoms with Crippen LogP contribution < -0.4 is 9.64 Å². The van der Waals surface area contributed by atoms with Crippen LogP contribution in [0.15, 0.2) is 53.4 Å². The van der Waals surface area contributed by atoms with Crippen LogP contribution in [0.2, 0.25) is 0 Å². The molecule has 6 nitrogen and oxygen atoms in total. The smallest absolute Gasteiger partial charge is 0.345 e. The van der Waals surface area contributed by atoms with Gasteiger partial charge in [0.1, 0.15) is 5.75 Å². The maximum atomic E-state index is 12.8. The molecule has 0 N–H and O–H groups in total. The lowest BCUT2D eigenvalue weighted by atomic mass is 10.1. The fraction of sp³-hybridized carbons (Fsp3) is 0.316. The Hall–Kier alpha value is -2.38. The molecule has 2 aromatic rings. The molecule has 2 aromatic carbocycles. The van der Waals surface area contributed by atoms with Crippen LogP contribution in [0.1, 0.15) is 23.2 Å². The number of esters is 1. The lowest BCUT2D eigenvalue weighted by Gasteiger charge is -2.22. The minimum Gasteiger partial charge on any atom is -0.423 e. The molecule has 7 heteroatoms. The first kappa shape index (κ1) is 18.4. The third kappa shape index (κ3) is 3.73. The molecule has 0 aliphatic carbocycles. The highest BCUT2D eigenvalue weighted by Crippen LogP contribution is 2.29. The van der Waals surface area contributed by atoms with Crippen LogP contribution in [-0.4, -0.2) is 45.9 Å². The van der Waals surface area contributed by atoms with Crippen molar-refractivity contribution in [2.75, 3.05) is 32.1 Å². The molecule has 0 bridgehead atoms. The highest BCUT2D eigenvalue weighted by Gasteiger charge is 2.25. The Morgan fingerprint density at radius 3 is 2.31 bits per heavy atom. The second-order valence-corrected chi connectivity index (χ2v) is 8.51. The van der Waals surface area contributed by atoms with Crippen LogP contribution in [0.4, 0.5) is 5.69 Å². The number of anilines is 1. The number of benzene rings is 2. The summed E-state index contributed by atoms with van der Waals surface area (Å²) in [6.07, 6.45) is 2.09. The van der Waals surface area contributed by atoms with E-state index in [0.29, 0.717) is 11.4 Å². The van der Waals surface area contributed by atoms with E-state index < -0.39 is 16.0 Å². The molecular weight excluding hydrogens is 352 g/mol. The third-order valence-corrected chi connectivity index (χ3v) is 6.18. The minimum atomic E-state index is -3.64. The first-order valence-electron chi connectivity index (χ1n) is 8.48. The summed E-state index contributed by atoms with van der Waals surface area (Å²) in [5.74, 6) is -0.139. The van der Waals surface area contributed by atoms with Gasteiger partial charge >= 0.3 is 5.97 Å². The molecule has 0 aromatic heterocycles. The minimum absolute atomic E-state index is 0.0745. The van der Waals surface area contributed by atoms with E-state index in [0.717, 1.165) is 30.2 Å². The first-order valence-corrected chi connectivity index (χ1v) is 9.92. The number of rotatable bonds is 5. The van der Waals surface area contributed by atoms with E-state index >= 15 is 0 Å². The van der Waals surface area contributed by atoms with Gasteiger partial charge in [0.25, 0.3) is 0 Å². The van der Waals surface area contributed by atoms with E-state index in [4.69, 9.17) is 4.74 Å². The highest BCUT2D eigenvalue weighted by atomic mass is 32.2. The number of nitrogens with zero attached hydrogens (tertiary/aromatic N) is 2. The van der Waals surface area contributed by atoms with Crippen molar-refractivity contribution < 1.29 is 17.9 Å². The van der Waals surface area contributed by atoms with Gasteiger partial charge in [0.05, 0.1) is 16.1 Å². The molecular formula is C19H22N2O4S. The van der Waals surface area contributed by atoms with E-state index in [1.165, 1.54) is 20.2 Å². The molecule has 0 radical (unpaired) electrons. The fourth-order valence-electron chi connectivity index (χ4n) is 2.93. The van der Waals surface area contributed by atoms with Crippen molar-refractivity contribution in [1.82, 2.24) is 4.31 Å². The van der Waals surface area contributed by atoms with Crippen LogP contribution in [0, 0.1) is 0 Å². The standard InChI is InChI=1S/C19H22N2O4S/c1-20(2)26(23,24)16-10-11-18(21-12-6-7-13-21)17(14-16)19(22)25-15-8-4-3-5-9-15/h3-5,8-11,14H,6-7,12-13H2,1-2H3. The molecule has 0 saturated carbocycles. The van der Waals surface area contributed by atoms with Crippen molar-refractivity contribution in [3.63, 3.8) is 0 Å². The van der Waals surface area contributed by atoms with Gasteiger partial charge in [-0.15, -0.1) is 0 Å². The van der Waals surface area contributed by atoms with E-state index in [1.54, 1.807) is 36.4 Å². The Morgan fingerprint density at radius 1 is 1.04 bits per heavy atom. The van der Waals surface area contributed by atoms with Gasteiger partial charge in [-0.2, -0.15) is 0 Å². The number of carbonyl (C=O) groups is 1. The monoisotopic (exact) mass is 374 g/mol. The second kappa shape index (κ2) is 7.47. The second-order valence-electron chi connectivity index (χ2n) is 6.36. The summed E-state index contributed by atoms with van der Waals surface area (Å²) in [5, 5.41) is 0. The van der Waals surface area contributed by atoms with Crippen LogP contribution in [-0.2, 0) is 10.0 Å². The molecule has 0 spiro atoms. The summed E-state index contributed by atoms with van der Waals surface area (Å²) in [7, 11) is -0.711. The Balaban J connectivity index is 2.02. The maximum absolute atomic E-state index is 12.8. The molecule has 0 amide bonds. The van der Waals surface area contributed by atoms with Crippen molar-refractivity contribution in [3.8, 4) is 5.75 Å². The molecule has 1 heterocycles. The molecule has 1 fully saturated rings. The average molecular weight is 374 g/mol. The Kier molecular flexibility index (Phi) is 5.29. The summed E-state index contributed by atoms with van der Waals surface area (Å²) in [4.78, 5) is 14.9. The fourth-order valence-corrected chi connectivity index (χ4v) is 3.86. The molecule has 0 unspecified atom stereocenters. The molecule has 1 aliphatic rings. The van der Waals surface area contributed by atoms with Gasteiger partial charge in [-0.05, 0) is 43.2 Å². The van der Waals surface area contributed by atoms with Gasteiger partial charge in [-0.1, -0.05) is 18.2 Å². The highest BCUT2D eigenvalue weighted by molar-refractivity contribution is 7.89. The zero-order valence-electron chi connectivity index (χ0n) is 14.9. The summed E-state index contributed by atoms with van der Waals surface area (Å²) in [6, 6.07) is 13.4. The van der Waals surface area contributed by atoms with Crippen molar-refractivity contribution in [2.45, 2.75) is 17.7 Å². The number of para-hydroxylation sites is 1. The van der Waals surface area contributed by atoms with Crippen molar-refractivity contribution in [2.24, 2.45) is 0 Å². The van der Waals surface area contributed by atoms with Gasteiger partial charge < -0.3 is 9.64 Å². The molecule has 0 atom stereocenters. The average Bonchev–Trinajstić information content (AvgIpc) is 3.16. The number of carbonyl (C=O) groups excluding carboxylic acids is 1. The van der Waals surface area contributed by atoms with Gasteiger partial charge in [-0.3, -0.25) is 0 Å². The van der Waals surface area contributed by atoms with Gasteiger partial charge in [0.15, 0.2) is 0 Å². The maximum Gasteiger partial charge on any atom is 0.345 e. The van der Waals surface area contributed by atoms with Crippen LogP contribution >= 0.6 is 0 Å². The van der Waals surface area contributed by atoms with Gasteiger partial charge in [-0.25, -0.2) is 17.5 Å². The molecule has 1 aliphatic heterocycles. The Bertz CT molecular complexity index is 889. The van der Waals surface area contributed by atoms with Crippen molar-refractivity contribution in [3.05, 3.63) is 54.1 Å². The Morgan fingerprint density at radius 2 is 1.69 bits per heavy atom. The van der Waals surface area contributed by atoms with E-state index in [2.05, 4.69) is 4.90 Å². The third-order valence-electron chi connectivity index (χ3n) is 4.37. The lowest BCUT2D eigenvalue weighted by molar-refractivity contribution is 0.0735. The molecule has 138 valence electrons. The SMILES string of the molecule is CN(C)S(=O)(=O)c1ccc(N2CCCC2)c(C(=O)Oc2ccccc2)c1. The largest absolute Gasteiger partial charge is 0.423 e. The van der Waals surface area contributed by atoms with E-state index in [1.807, 2.05) is 6.07 Å². The van der Waals surface area contributed by atoms with Gasteiger partial charge in [0, 0.05) is 27.2 Å². The Labute approximate surface area is 154 Å². The topological polar surface area (TPSA) is 66.9 Å². The summed E-state index contributed by atoms with van der Waals surface area (Å²) < 4.78 is 31.5. The summed E-state index contributed by atoms with van der Waals surface area (Å²) in [5.41, 5.74) is 0.972. The number of ether oxygens (including phenoxy) is 1. The van der Waals surface area contributed by atoms with Crippen molar-refractivity contribution in [1.29, 1.82) is 0 Å². The first-order chi connectivity index (χ1) is 12.4. The number of hydrogen-bond acceptors (Lipinski definition) is 5. The normalized spacial score (nSPS) is 14.7. The van der Waals surface area contributed by atoms with E-state index in [-0.39, 0.29) is 10.5 Å². The molecule has 26 heavy (non-hydrogen) atoms. The lowest BCUT2D eigenvalue weighted by Crippen LogP contribution is -2.25. The van der Waals surface area contributed by atoms with Crippen LogP contribution in [0.3, 0.4) is 0 Å². The van der Waals surface area contributed by atoms with E-state index in [9.17, 15) is 13.2 Å². The quantitative estimate of drug-likeness (QED) is 0.595. The van der Waals surface area contributed by atoms with Gasteiger partial charge in [0.2, 0.25) is 10.0 Å². The van der Waals surface area contributed by atoms with Crippen LogP contribution in [0.25, 0.3) is 0 Å². The zero-order chi connectivity index (χ0) is 18.7. The van der Waals surface area contributed by atoms with Crippen LogP contribution in [0.5, 0.6) is 5.75 Å². The van der Waals surface area contributed by atoms with Crippen molar-refractivity contribution >= 4 is 21.7 Å². The zero-order valence-corrected chi connectivity index (χ0v) is 15.7. The number of sulfonamides is 1. The molecule has 1 saturated heterocycles. The summed E-state index contributed by atoms with van der Waals surface area (Å²) in [6.45, 7) is 1.68. The predicted octanol–water partition coefficient (Wildman–Crippen LogP) is 2.76. The summed E-state index contributed by atoms with van der Waals surface area (Å²) >= 11 is 0. The predicted molar refractivity (Wildman–Crippen MR) is 100 cm³/mol. The number of hydrogen-bond donors (Lipinski definition) is 0.